The van der Waals surface area contributed by atoms with Crippen LogP contribution < -0.4 is 9.64 Å². The maximum Gasteiger partial charge on any atom is 0.414 e. The van der Waals surface area contributed by atoms with Crippen LogP contribution in [-0.2, 0) is 16.0 Å². The van der Waals surface area contributed by atoms with Crippen molar-refractivity contribution in [2.45, 2.75) is 32.1 Å². The maximum atomic E-state index is 9.10. The Morgan fingerprint density at radius 2 is 1.75 bits per heavy atom. The van der Waals surface area contributed by atoms with Gasteiger partial charge in [0.05, 0.1) is 12.8 Å². The molecule has 0 saturated carbocycles. The van der Waals surface area contributed by atoms with E-state index in [1.165, 1.54) is 34.0 Å². The number of aryl methyl sites for hydroxylation is 1. The predicted molar refractivity (Wildman–Crippen MR) is 139 cm³/mol. The Balaban J connectivity index is 0.000000455. The number of hydrogen-bond donors (Lipinski definition) is 2. The minimum Gasteiger partial charge on any atom is -0.497 e. The molecule has 0 bridgehead atoms. The van der Waals surface area contributed by atoms with Gasteiger partial charge in [0, 0.05) is 37.5 Å². The average molecular weight is 492 g/mol. The number of pyridine rings is 1. The second-order valence-corrected chi connectivity index (χ2v) is 9.13. The fraction of sp³-hybridized carbons (Fsp3) is 0.393. The molecular weight excluding hydrogens is 458 g/mol. The number of aliphatic carboxylic acids is 2. The van der Waals surface area contributed by atoms with Crippen molar-refractivity contribution in [3.63, 3.8) is 0 Å². The van der Waals surface area contributed by atoms with Gasteiger partial charge in [0.15, 0.2) is 0 Å². The summed E-state index contributed by atoms with van der Waals surface area (Å²) in [5.74, 6) is -1.21. The van der Waals surface area contributed by atoms with Crippen molar-refractivity contribution < 1.29 is 24.5 Å². The number of methoxy groups -OCH3 is 1. The number of nitrogens with zero attached hydrogens (tertiary/aromatic N) is 3. The van der Waals surface area contributed by atoms with Gasteiger partial charge < -0.3 is 24.7 Å². The quantitative estimate of drug-likeness (QED) is 0.528. The number of benzene rings is 2. The topological polar surface area (TPSA) is 103 Å². The van der Waals surface area contributed by atoms with E-state index in [-0.39, 0.29) is 0 Å². The van der Waals surface area contributed by atoms with Gasteiger partial charge in [-0.05, 0) is 60.5 Å². The number of ether oxygens (including phenoxy) is 1. The molecule has 2 N–H and O–H groups in total. The first-order chi connectivity index (χ1) is 17.4. The summed E-state index contributed by atoms with van der Waals surface area (Å²) >= 11 is 0. The smallest absolute Gasteiger partial charge is 0.414 e. The Morgan fingerprint density at radius 3 is 2.42 bits per heavy atom. The molecule has 1 unspecified atom stereocenters. The largest absolute Gasteiger partial charge is 0.497 e. The van der Waals surface area contributed by atoms with E-state index >= 15 is 0 Å². The van der Waals surface area contributed by atoms with Gasteiger partial charge in [-0.2, -0.15) is 0 Å². The van der Waals surface area contributed by atoms with E-state index in [2.05, 4.69) is 65.3 Å². The molecule has 0 amide bonds. The summed E-state index contributed by atoms with van der Waals surface area (Å²) in [6.07, 6.45) is 3.51. The van der Waals surface area contributed by atoms with Gasteiger partial charge in [0.1, 0.15) is 11.6 Å². The van der Waals surface area contributed by atoms with Crippen LogP contribution >= 0.6 is 0 Å². The maximum absolute atomic E-state index is 9.10. The molecule has 2 aliphatic rings. The van der Waals surface area contributed by atoms with Gasteiger partial charge in [-0.15, -0.1) is 0 Å². The fourth-order valence-electron chi connectivity index (χ4n) is 5.11. The van der Waals surface area contributed by atoms with E-state index in [4.69, 9.17) is 29.5 Å². The van der Waals surface area contributed by atoms with E-state index in [0.717, 1.165) is 57.1 Å². The van der Waals surface area contributed by atoms with Gasteiger partial charge in [0.2, 0.25) is 0 Å². The summed E-state index contributed by atoms with van der Waals surface area (Å²) in [6, 6.07) is 17.6. The van der Waals surface area contributed by atoms with Gasteiger partial charge in [-0.25, -0.2) is 14.6 Å². The van der Waals surface area contributed by atoms with Gasteiger partial charge in [-0.1, -0.05) is 37.3 Å². The first kappa shape index (κ1) is 25.4. The minimum absolute atomic E-state index is 0.337. The van der Waals surface area contributed by atoms with Crippen LogP contribution in [0.25, 0.3) is 10.8 Å². The third kappa shape index (κ3) is 5.60. The summed E-state index contributed by atoms with van der Waals surface area (Å²) < 4.78 is 5.54. The highest BCUT2D eigenvalue weighted by atomic mass is 16.5. The molecule has 8 heteroatoms. The lowest BCUT2D eigenvalue weighted by Gasteiger charge is -2.36. The summed E-state index contributed by atoms with van der Waals surface area (Å²) in [7, 11) is 1.75. The zero-order valence-corrected chi connectivity index (χ0v) is 20.8. The van der Waals surface area contributed by atoms with Crippen LogP contribution in [0, 0.1) is 0 Å². The molecule has 36 heavy (non-hydrogen) atoms. The number of fused-ring (bicyclic) bond motifs is 2. The zero-order chi connectivity index (χ0) is 25.7. The zero-order valence-electron chi connectivity index (χ0n) is 20.8. The number of carbonyl (C=O) groups is 2. The lowest BCUT2D eigenvalue weighted by Crippen LogP contribution is -2.46. The van der Waals surface area contributed by atoms with Crippen LogP contribution in [-0.4, -0.2) is 71.9 Å². The van der Waals surface area contributed by atoms with Gasteiger partial charge in [0.25, 0.3) is 0 Å². The van der Waals surface area contributed by atoms with Gasteiger partial charge in [-0.3, -0.25) is 0 Å². The Morgan fingerprint density at radius 1 is 1.03 bits per heavy atom. The number of carboxylic acid groups (broad SMARTS) is 2. The van der Waals surface area contributed by atoms with Crippen molar-refractivity contribution in [2.75, 3.05) is 44.7 Å². The van der Waals surface area contributed by atoms with E-state index in [0.29, 0.717) is 5.92 Å². The number of piperazine rings is 1. The second-order valence-electron chi connectivity index (χ2n) is 9.13. The van der Waals surface area contributed by atoms with E-state index in [1.807, 2.05) is 0 Å². The molecule has 1 fully saturated rings. The monoisotopic (exact) mass is 491 g/mol. The summed E-state index contributed by atoms with van der Waals surface area (Å²) in [4.78, 5) is 28.5. The van der Waals surface area contributed by atoms with E-state index < -0.39 is 11.9 Å². The van der Waals surface area contributed by atoms with Crippen molar-refractivity contribution in [3.8, 4) is 5.75 Å². The highest BCUT2D eigenvalue weighted by molar-refractivity contribution is 6.27. The molecule has 0 radical (unpaired) electrons. The third-order valence-corrected chi connectivity index (χ3v) is 7.07. The molecule has 190 valence electrons. The van der Waals surface area contributed by atoms with Gasteiger partial charge >= 0.3 is 11.9 Å². The van der Waals surface area contributed by atoms with E-state index in [1.54, 1.807) is 7.11 Å². The Labute approximate surface area is 211 Å². The van der Waals surface area contributed by atoms with Crippen molar-refractivity contribution in [2.24, 2.45) is 0 Å². The van der Waals surface area contributed by atoms with Crippen LogP contribution in [0.2, 0.25) is 0 Å². The molecule has 5 rings (SSSR count). The molecule has 1 atom stereocenters. The predicted octanol–water partition coefficient (Wildman–Crippen LogP) is 4.01. The molecule has 3 aromatic rings. The molecule has 1 aromatic heterocycles. The third-order valence-electron chi connectivity index (χ3n) is 7.07. The highest BCUT2D eigenvalue weighted by Crippen LogP contribution is 2.40. The number of carboxylic acids is 2. The molecule has 1 saturated heterocycles. The molecule has 2 heterocycles. The Bertz CT molecular complexity index is 1230. The number of anilines is 1. The molecule has 1 aliphatic carbocycles. The van der Waals surface area contributed by atoms with Crippen LogP contribution in [0.3, 0.4) is 0 Å². The second kappa shape index (κ2) is 11.4. The van der Waals surface area contributed by atoms with Crippen molar-refractivity contribution in [1.29, 1.82) is 0 Å². The van der Waals surface area contributed by atoms with Crippen LogP contribution in [0.15, 0.2) is 48.5 Å². The van der Waals surface area contributed by atoms with Crippen molar-refractivity contribution >= 4 is 28.5 Å². The Kier molecular flexibility index (Phi) is 8.05. The van der Waals surface area contributed by atoms with Crippen LogP contribution in [0.4, 0.5) is 5.82 Å². The number of hydrogen-bond acceptors (Lipinski definition) is 6. The average Bonchev–Trinajstić information content (AvgIpc) is 2.92. The lowest BCUT2D eigenvalue weighted by molar-refractivity contribution is -0.159. The summed E-state index contributed by atoms with van der Waals surface area (Å²) in [5.41, 5.74) is 4.04. The van der Waals surface area contributed by atoms with Crippen molar-refractivity contribution in [1.82, 2.24) is 9.88 Å². The first-order valence-electron chi connectivity index (χ1n) is 12.4. The Hall–Kier alpha value is -3.65. The number of likely N-dealkylation sites (N-methyl/N-ethyl adjacent to an activating group) is 1. The van der Waals surface area contributed by atoms with Crippen LogP contribution in [0.1, 0.15) is 42.5 Å². The SMILES string of the molecule is CCN1CCN(c2nc(C3CCCc4ccc(OC)cc43)cc3ccccc23)CC1.O=C(O)C(=O)O. The molecular formula is C28H33N3O5. The highest BCUT2D eigenvalue weighted by Gasteiger charge is 2.26. The first-order valence-corrected chi connectivity index (χ1v) is 12.4. The van der Waals surface area contributed by atoms with E-state index in [9.17, 15) is 0 Å². The molecule has 2 aromatic carbocycles. The molecule has 8 nitrogen and oxygen atoms in total. The standard InChI is InChI=1S/C26H31N3O.C2H2O4/c1-3-28-13-15-29(16-14-28)26-22-9-5-4-7-20(22)17-25(27-26)23-10-6-8-19-11-12-21(30-2)18-24(19)23;3-1(4)2(5)6/h4-5,7,9,11-12,17-18,23H,3,6,8,10,13-16H2,1-2H3;(H,3,4)(H,5,6). The molecule has 1 aliphatic heterocycles. The minimum atomic E-state index is -1.82. The molecule has 0 spiro atoms. The number of aromatic nitrogens is 1. The lowest BCUT2D eigenvalue weighted by atomic mass is 9.80. The summed E-state index contributed by atoms with van der Waals surface area (Å²) in [6.45, 7) is 7.69. The summed E-state index contributed by atoms with van der Waals surface area (Å²) in [5, 5.41) is 17.4. The van der Waals surface area contributed by atoms with Crippen LogP contribution in [0.5, 0.6) is 5.75 Å². The van der Waals surface area contributed by atoms with Crippen molar-refractivity contribution in [3.05, 3.63) is 65.4 Å². The fourth-order valence-corrected chi connectivity index (χ4v) is 5.11. The normalized spacial score (nSPS) is 17.6. The number of rotatable bonds is 4.